The summed E-state index contributed by atoms with van der Waals surface area (Å²) in [5.41, 5.74) is 9.30. The molecule has 13 rings (SSSR count). The Balaban J connectivity index is 1.18. The average Bonchev–Trinajstić information content (AvgIpc) is 0.806. The molecule has 0 N–H and O–H groups in total. The molecule has 88 heavy (non-hydrogen) atoms. The van der Waals surface area contributed by atoms with Crippen molar-refractivity contribution in [2.75, 3.05) is 0 Å². The van der Waals surface area contributed by atoms with Crippen molar-refractivity contribution in [3.8, 4) is 50.9 Å². The van der Waals surface area contributed by atoms with Gasteiger partial charge in [-0.2, -0.15) is 0 Å². The minimum Gasteiger partial charge on any atom is -0.458 e. The summed E-state index contributed by atoms with van der Waals surface area (Å²) in [4.78, 5) is 4.91. The lowest BCUT2D eigenvalue weighted by atomic mass is 9.79. The topological polar surface area (TPSA) is 35.9 Å². The van der Waals surface area contributed by atoms with Crippen LogP contribution in [0.5, 0.6) is 11.5 Å². The zero-order valence-corrected chi connectivity index (χ0v) is 52.8. The van der Waals surface area contributed by atoms with Crippen LogP contribution in [0.15, 0.2) is 255 Å². The Morgan fingerprint density at radius 1 is 0.443 bits per heavy atom. The Hall–Kier alpha value is -9.36. The lowest BCUT2D eigenvalue weighted by Crippen LogP contribution is -2.76. The Bertz CT molecular complexity index is 5410. The molecule has 0 unspecified atom stereocenters. The van der Waals surface area contributed by atoms with E-state index in [9.17, 15) is 16.4 Å². The highest BCUT2D eigenvalue weighted by molar-refractivity contribution is 7.20. The van der Waals surface area contributed by atoms with Gasteiger partial charge in [-0.1, -0.05) is 271 Å². The predicted molar refractivity (Wildman–Crippen MR) is 372 cm³/mol. The summed E-state index contributed by atoms with van der Waals surface area (Å²) in [6.07, 6.45) is 5.58. The summed E-state index contributed by atoms with van der Waals surface area (Å²) in [6.45, 7) is 25.8. The molecule has 0 saturated carbocycles. The van der Waals surface area contributed by atoms with Gasteiger partial charge in [0.1, 0.15) is 17.3 Å². The molecule has 3 aromatic heterocycles. The van der Waals surface area contributed by atoms with Gasteiger partial charge < -0.3 is 4.74 Å². The number of fused-ring (bicyclic) bond motifs is 4. The van der Waals surface area contributed by atoms with Crippen LogP contribution in [0.25, 0.3) is 72.3 Å². The van der Waals surface area contributed by atoms with Crippen molar-refractivity contribution in [1.82, 2.24) is 14.1 Å². The van der Waals surface area contributed by atoms with Crippen LogP contribution in [0.1, 0.15) is 126 Å². The molecule has 436 valence electrons. The third-order valence-electron chi connectivity index (χ3n) is 16.8. The molecule has 13 aromatic rings. The smallest absolute Gasteiger partial charge is 0.269 e. The van der Waals surface area contributed by atoms with Crippen LogP contribution in [-0.2, 0) is 21.7 Å². The van der Waals surface area contributed by atoms with E-state index in [-0.39, 0.29) is 27.1 Å². The molecule has 6 heteroatoms. The van der Waals surface area contributed by atoms with Gasteiger partial charge in [-0.3, -0.25) is 13.7 Å². The second kappa shape index (κ2) is 22.1. The molecule has 0 aliphatic rings. The Labute approximate surface area is 542 Å². The fourth-order valence-corrected chi connectivity index (χ4v) is 16.0. The molecule has 0 aliphatic heterocycles. The van der Waals surface area contributed by atoms with E-state index in [0.29, 0.717) is 39.3 Å². The van der Waals surface area contributed by atoms with E-state index >= 15 is 0 Å². The maximum atomic E-state index is 10.1. The number of hydrogen-bond donors (Lipinski definition) is 0. The molecule has 0 fully saturated rings. The summed E-state index contributed by atoms with van der Waals surface area (Å²) >= 11 is 0. The first kappa shape index (κ1) is 42.5. The number of pyridine rings is 1. The van der Waals surface area contributed by atoms with Crippen LogP contribution in [0.4, 0.5) is 0 Å². The van der Waals surface area contributed by atoms with Gasteiger partial charge in [-0.25, -0.2) is 4.98 Å². The summed E-state index contributed by atoms with van der Waals surface area (Å²) in [5.74, 6) is 1.72. The maximum Gasteiger partial charge on any atom is 0.269 e. The number of para-hydroxylation sites is 2. The molecule has 5 nitrogen and oxygen atoms in total. The highest BCUT2D eigenvalue weighted by atomic mass is 28.3. The molecular weight excluding hydrogens is 1090 g/mol. The number of ether oxygens (including phenoxy) is 1. The zero-order chi connectivity index (χ0) is 74.4. The van der Waals surface area contributed by atoms with Gasteiger partial charge in [0.15, 0.2) is 8.07 Å². The van der Waals surface area contributed by atoms with Crippen molar-refractivity contribution in [3.63, 3.8) is 0 Å². The number of hydrogen-bond acceptors (Lipinski definition) is 2. The number of rotatable bonds is 11. The third kappa shape index (κ3) is 10.6. The minimum atomic E-state index is -5.83. The molecule has 0 aliphatic carbocycles. The molecule has 0 atom stereocenters. The minimum absolute atomic E-state index is 0.0657. The van der Waals surface area contributed by atoms with Crippen LogP contribution in [0, 0.1) is 6.33 Å². The van der Waals surface area contributed by atoms with Gasteiger partial charge >= 0.3 is 0 Å². The van der Waals surface area contributed by atoms with E-state index in [2.05, 4.69) is 130 Å². The largest absolute Gasteiger partial charge is 0.458 e. The highest BCUT2D eigenvalue weighted by Gasteiger charge is 2.44. The van der Waals surface area contributed by atoms with E-state index < -0.39 is 120 Å². The number of aromatic nitrogens is 4. The monoisotopic (exact) mass is 1180 g/mol. The summed E-state index contributed by atoms with van der Waals surface area (Å²) in [6, 6.07) is 38.3. The molecule has 3 heterocycles. The van der Waals surface area contributed by atoms with Gasteiger partial charge in [0.05, 0.1) is 54.0 Å². The van der Waals surface area contributed by atoms with Gasteiger partial charge in [-0.05, 0) is 142 Å². The standard InChI is InChI=1S/C82H78N4OSi/c1-79(2,3)59-28-24-27-57(47-59)69-38-26-40-76(88(66-31-16-13-17-32-66,67-33-18-14-19-34-67)68-35-20-15-21-36-68)78(69)85-55-84(75-50-56(41-44-73(75)85)58-48-61(81(7,8)9)51-62(49-58)82(10,11)12)63-29-25-30-64(53-63)87-65-42-43-71-70-37-22-23-39-72(70)86(74(71)54-65)77-52-60(45-46-83-77)80(4,5)6/h13-54H,1-12H3/i13D,14D,15D,16D,17D,18D,19D,20D,21D,31D,32D,33D,34D,35D,36D. The van der Waals surface area contributed by atoms with Crippen molar-refractivity contribution in [2.24, 2.45) is 0 Å². The lowest BCUT2D eigenvalue weighted by molar-refractivity contribution is -0.570. The number of imidazole rings is 1. The molecule has 10 aromatic carbocycles. The summed E-state index contributed by atoms with van der Waals surface area (Å²) in [5, 5.41) is 0.126. The predicted octanol–water partition coefficient (Wildman–Crippen LogP) is 17.9. The van der Waals surface area contributed by atoms with E-state index in [1.54, 1.807) is 16.7 Å². The Morgan fingerprint density at radius 2 is 1.01 bits per heavy atom. The second-order valence-electron chi connectivity index (χ2n) is 26.8. The first-order valence-electron chi connectivity index (χ1n) is 37.3. The van der Waals surface area contributed by atoms with E-state index in [1.807, 2.05) is 120 Å². The third-order valence-corrected chi connectivity index (χ3v) is 21.0. The van der Waals surface area contributed by atoms with Crippen LogP contribution in [0.2, 0.25) is 0 Å². The van der Waals surface area contributed by atoms with Crippen LogP contribution < -0.4 is 30.1 Å². The van der Waals surface area contributed by atoms with Gasteiger partial charge in [0, 0.05) is 23.0 Å². The fourth-order valence-electron chi connectivity index (χ4n) is 12.0. The maximum absolute atomic E-state index is 10.1. The van der Waals surface area contributed by atoms with Crippen LogP contribution in [0.3, 0.4) is 0 Å². The Morgan fingerprint density at radius 3 is 1.65 bits per heavy atom. The highest BCUT2D eigenvalue weighted by Crippen LogP contribution is 2.39. The molecular formula is C82H78N4OSi. The van der Waals surface area contributed by atoms with Gasteiger partial charge in [0.2, 0.25) is 0 Å². The Kier molecular flexibility index (Phi) is 10.7. The molecule has 0 saturated heterocycles. The second-order valence-corrected chi connectivity index (χ2v) is 30.4. The van der Waals surface area contributed by atoms with Crippen molar-refractivity contribution in [1.29, 1.82) is 0 Å². The number of nitrogens with zero attached hydrogens (tertiary/aromatic N) is 4. The SMILES string of the molecule is [2H]c1c([2H])c([2H])c([Si](c2cccc(-c3cccc(C(C)(C)C)c3)c2-[n+]2[c-]n(-c3cccc(Oc4ccc5c6ccccc6n(-c6cc(C(C)(C)C)ccn6)c5c4)c3)c3cc(-c4cc(C(C)(C)C)cc(C(C)(C)C)c4)ccc32)(c2c([2H])c([2H])c([2H])c([2H])c2[2H])c2c([2H])c([2H])c([2H])c([2H])c2[2H])c([2H])c1[2H]. The summed E-state index contributed by atoms with van der Waals surface area (Å²) in [7, 11) is -5.83. The average molecular weight is 1180 g/mol. The first-order chi connectivity index (χ1) is 48.4. The first-order valence-corrected chi connectivity index (χ1v) is 31.8. The zero-order valence-electron chi connectivity index (χ0n) is 66.8. The molecule has 0 spiro atoms. The van der Waals surface area contributed by atoms with Crippen molar-refractivity contribution < 1.29 is 29.9 Å². The quantitative estimate of drug-likeness (QED) is 0.0560. The van der Waals surface area contributed by atoms with Gasteiger partial charge in [0.25, 0.3) is 6.33 Å². The van der Waals surface area contributed by atoms with Crippen molar-refractivity contribution in [3.05, 3.63) is 283 Å². The van der Waals surface area contributed by atoms with Crippen molar-refractivity contribution >= 4 is 61.7 Å². The van der Waals surface area contributed by atoms with Crippen molar-refractivity contribution in [2.45, 2.75) is 105 Å². The summed E-state index contributed by atoms with van der Waals surface area (Å²) < 4.78 is 157. The molecule has 0 radical (unpaired) electrons. The van der Waals surface area contributed by atoms with Gasteiger partial charge in [-0.15, -0.1) is 0 Å². The van der Waals surface area contributed by atoms with Crippen LogP contribution in [-0.4, -0.2) is 22.2 Å². The fraction of sp³-hybridized carbons (Fsp3) is 0.195. The molecule has 0 bridgehead atoms. The molecule has 0 amide bonds. The van der Waals surface area contributed by atoms with E-state index in [1.165, 1.54) is 0 Å². The van der Waals surface area contributed by atoms with Crippen LogP contribution >= 0.6 is 0 Å². The van der Waals surface area contributed by atoms with E-state index in [0.717, 1.165) is 61.0 Å². The number of benzene rings is 10. The van der Waals surface area contributed by atoms with E-state index in [4.69, 9.17) is 13.8 Å². The lowest BCUT2D eigenvalue weighted by Gasteiger charge is -2.37. The normalized spacial score (nSPS) is 14.9.